The number of rotatable bonds is 7. The molecule has 0 aromatic heterocycles. The van der Waals surface area contributed by atoms with Gasteiger partial charge in [-0.1, -0.05) is 60.7 Å². The minimum atomic E-state index is -0.981. The molecule has 0 saturated carbocycles. The van der Waals surface area contributed by atoms with Crippen LogP contribution in [0, 0.1) is 16.7 Å². The second-order valence-electron chi connectivity index (χ2n) is 6.83. The Bertz CT molecular complexity index is 953. The fraction of sp³-hybridized carbons (Fsp3) is 0.250. The second kappa shape index (κ2) is 8.69. The number of nitriles is 1. The standard InChI is InChI=1S/C24H23NO3/c1-2-28-15-14-24(17-25)13-12-21(23(26)27)22(16-24)20-11-7-6-10-19(20)18-8-4-3-5-9-18/h3-13H,2,14-16H2,1H3,(H,26,27). The van der Waals surface area contributed by atoms with E-state index in [4.69, 9.17) is 4.74 Å². The molecule has 0 amide bonds. The fourth-order valence-electron chi connectivity index (χ4n) is 3.57. The summed E-state index contributed by atoms with van der Waals surface area (Å²) in [4.78, 5) is 11.9. The lowest BCUT2D eigenvalue weighted by Crippen LogP contribution is -2.23. The van der Waals surface area contributed by atoms with E-state index in [1.54, 1.807) is 12.2 Å². The summed E-state index contributed by atoms with van der Waals surface area (Å²) in [6, 6.07) is 20.1. The monoisotopic (exact) mass is 373 g/mol. The first-order chi connectivity index (χ1) is 13.6. The van der Waals surface area contributed by atoms with Gasteiger partial charge in [0.15, 0.2) is 0 Å². The van der Waals surface area contributed by atoms with Crippen molar-refractivity contribution in [3.63, 3.8) is 0 Å². The molecule has 2 aromatic rings. The molecule has 1 N–H and O–H groups in total. The Morgan fingerprint density at radius 1 is 1.14 bits per heavy atom. The molecule has 1 atom stereocenters. The molecule has 4 nitrogen and oxygen atoms in total. The number of carboxylic acid groups (broad SMARTS) is 1. The van der Waals surface area contributed by atoms with Gasteiger partial charge in [0.1, 0.15) is 0 Å². The highest BCUT2D eigenvalue weighted by atomic mass is 16.5. The van der Waals surface area contributed by atoms with Crippen molar-refractivity contribution in [1.82, 2.24) is 0 Å². The average Bonchev–Trinajstić information content (AvgIpc) is 2.74. The van der Waals surface area contributed by atoms with E-state index in [1.807, 2.05) is 61.5 Å². The maximum atomic E-state index is 11.9. The summed E-state index contributed by atoms with van der Waals surface area (Å²) in [7, 11) is 0. The molecule has 0 spiro atoms. The van der Waals surface area contributed by atoms with Gasteiger partial charge in [0.25, 0.3) is 0 Å². The summed E-state index contributed by atoms with van der Waals surface area (Å²) < 4.78 is 5.45. The highest BCUT2D eigenvalue weighted by molar-refractivity contribution is 6.02. The number of carbonyl (C=O) groups is 1. The second-order valence-corrected chi connectivity index (χ2v) is 6.83. The third-order valence-electron chi connectivity index (χ3n) is 5.07. The molecule has 1 unspecified atom stereocenters. The number of benzene rings is 2. The largest absolute Gasteiger partial charge is 0.478 e. The van der Waals surface area contributed by atoms with E-state index < -0.39 is 11.4 Å². The third kappa shape index (κ3) is 4.05. The van der Waals surface area contributed by atoms with Crippen molar-refractivity contribution in [3.05, 3.63) is 77.9 Å². The first kappa shape index (κ1) is 19.6. The molecule has 4 heteroatoms. The predicted octanol–water partition coefficient (Wildman–Crippen LogP) is 5.09. The van der Waals surface area contributed by atoms with Crippen LogP contribution in [0.1, 0.15) is 25.3 Å². The number of allylic oxidation sites excluding steroid dienone is 2. The Balaban J connectivity index is 2.09. The SMILES string of the molecule is CCOCCC1(C#N)C=CC(C(=O)O)=C(c2ccccc2-c2ccccc2)C1. The van der Waals surface area contributed by atoms with E-state index in [-0.39, 0.29) is 5.57 Å². The van der Waals surface area contributed by atoms with Crippen molar-refractivity contribution in [2.45, 2.75) is 19.8 Å². The van der Waals surface area contributed by atoms with Crippen LogP contribution in [-0.2, 0) is 9.53 Å². The summed E-state index contributed by atoms with van der Waals surface area (Å²) in [5, 5.41) is 19.7. The lowest BCUT2D eigenvalue weighted by atomic mass is 9.72. The van der Waals surface area contributed by atoms with Crippen LogP contribution in [0.3, 0.4) is 0 Å². The van der Waals surface area contributed by atoms with Crippen molar-refractivity contribution < 1.29 is 14.6 Å². The zero-order valence-corrected chi connectivity index (χ0v) is 15.9. The summed E-state index contributed by atoms with van der Waals surface area (Å²) in [5.74, 6) is -0.981. The van der Waals surface area contributed by atoms with Crippen LogP contribution in [0.2, 0.25) is 0 Å². The van der Waals surface area contributed by atoms with Crippen molar-refractivity contribution in [1.29, 1.82) is 5.26 Å². The Kier molecular flexibility index (Phi) is 6.08. The van der Waals surface area contributed by atoms with Crippen LogP contribution in [0.25, 0.3) is 16.7 Å². The van der Waals surface area contributed by atoms with Crippen LogP contribution in [0.15, 0.2) is 72.3 Å². The molecule has 0 radical (unpaired) electrons. The summed E-state index contributed by atoms with van der Waals surface area (Å²) in [5.41, 5.74) is 2.99. The lowest BCUT2D eigenvalue weighted by molar-refractivity contribution is -0.132. The molecule has 0 saturated heterocycles. The molecule has 0 heterocycles. The third-order valence-corrected chi connectivity index (χ3v) is 5.07. The topological polar surface area (TPSA) is 70.3 Å². The molecule has 1 aliphatic carbocycles. The molecule has 2 aromatic carbocycles. The van der Waals surface area contributed by atoms with Gasteiger partial charge in [0.2, 0.25) is 0 Å². The highest BCUT2D eigenvalue weighted by Gasteiger charge is 2.34. The highest BCUT2D eigenvalue weighted by Crippen LogP contribution is 2.43. The number of hydrogen-bond donors (Lipinski definition) is 1. The van der Waals surface area contributed by atoms with E-state index in [2.05, 4.69) is 6.07 Å². The number of hydrogen-bond acceptors (Lipinski definition) is 3. The maximum Gasteiger partial charge on any atom is 0.335 e. The summed E-state index contributed by atoms with van der Waals surface area (Å²) >= 11 is 0. The minimum absolute atomic E-state index is 0.241. The zero-order valence-electron chi connectivity index (χ0n) is 15.9. The number of carboxylic acids is 1. The van der Waals surface area contributed by atoms with Gasteiger partial charge in [-0.3, -0.25) is 0 Å². The summed E-state index contributed by atoms with van der Waals surface area (Å²) in [6.45, 7) is 2.97. The van der Waals surface area contributed by atoms with Crippen LogP contribution < -0.4 is 0 Å². The van der Waals surface area contributed by atoms with Gasteiger partial charge in [0, 0.05) is 13.2 Å². The number of nitrogens with zero attached hydrogens (tertiary/aromatic N) is 1. The molecular formula is C24H23NO3. The molecule has 0 aliphatic heterocycles. The molecule has 3 rings (SSSR count). The Hall–Kier alpha value is -3.16. The normalized spacial score (nSPS) is 18.7. The predicted molar refractivity (Wildman–Crippen MR) is 109 cm³/mol. The van der Waals surface area contributed by atoms with Gasteiger partial charge in [-0.05, 0) is 48.1 Å². The van der Waals surface area contributed by atoms with Crippen LogP contribution >= 0.6 is 0 Å². The van der Waals surface area contributed by atoms with E-state index >= 15 is 0 Å². The number of aliphatic carboxylic acids is 1. The molecule has 0 fully saturated rings. The van der Waals surface area contributed by atoms with Gasteiger partial charge < -0.3 is 9.84 Å². The minimum Gasteiger partial charge on any atom is -0.478 e. The van der Waals surface area contributed by atoms with Gasteiger partial charge in [-0.2, -0.15) is 5.26 Å². The fourth-order valence-corrected chi connectivity index (χ4v) is 3.57. The Morgan fingerprint density at radius 3 is 2.46 bits per heavy atom. The van der Waals surface area contributed by atoms with E-state index in [0.29, 0.717) is 31.6 Å². The van der Waals surface area contributed by atoms with Gasteiger partial charge in [0.05, 0.1) is 17.1 Å². The Morgan fingerprint density at radius 2 is 1.82 bits per heavy atom. The van der Waals surface area contributed by atoms with Gasteiger partial charge >= 0.3 is 5.97 Å². The first-order valence-electron chi connectivity index (χ1n) is 9.40. The van der Waals surface area contributed by atoms with Crippen molar-refractivity contribution in [2.24, 2.45) is 5.41 Å². The average molecular weight is 373 g/mol. The number of ether oxygens (including phenoxy) is 1. The van der Waals surface area contributed by atoms with E-state index in [9.17, 15) is 15.2 Å². The lowest BCUT2D eigenvalue weighted by Gasteiger charge is -2.29. The van der Waals surface area contributed by atoms with Gasteiger partial charge in [-0.25, -0.2) is 4.79 Å². The molecule has 142 valence electrons. The Labute approximate surface area is 165 Å². The first-order valence-corrected chi connectivity index (χ1v) is 9.40. The molecular weight excluding hydrogens is 350 g/mol. The molecule has 1 aliphatic rings. The van der Waals surface area contributed by atoms with E-state index in [1.165, 1.54) is 0 Å². The van der Waals surface area contributed by atoms with Crippen molar-refractivity contribution >= 4 is 11.5 Å². The zero-order chi connectivity index (χ0) is 20.0. The van der Waals surface area contributed by atoms with Crippen molar-refractivity contribution in [3.8, 4) is 17.2 Å². The molecule has 28 heavy (non-hydrogen) atoms. The molecule has 0 bridgehead atoms. The van der Waals surface area contributed by atoms with Crippen molar-refractivity contribution in [2.75, 3.05) is 13.2 Å². The maximum absolute atomic E-state index is 11.9. The smallest absolute Gasteiger partial charge is 0.335 e. The van der Waals surface area contributed by atoms with Crippen LogP contribution in [0.4, 0.5) is 0 Å². The van der Waals surface area contributed by atoms with Gasteiger partial charge in [-0.15, -0.1) is 0 Å². The van der Waals surface area contributed by atoms with Crippen LogP contribution in [0.5, 0.6) is 0 Å². The van der Waals surface area contributed by atoms with E-state index in [0.717, 1.165) is 16.7 Å². The summed E-state index contributed by atoms with van der Waals surface area (Å²) in [6.07, 6.45) is 4.18. The quantitative estimate of drug-likeness (QED) is 0.687. The van der Waals surface area contributed by atoms with Crippen LogP contribution in [-0.4, -0.2) is 24.3 Å².